The zero-order valence-electron chi connectivity index (χ0n) is 11.1. The lowest BCUT2D eigenvalue weighted by Gasteiger charge is -2.05. The summed E-state index contributed by atoms with van der Waals surface area (Å²) in [6.07, 6.45) is 3.53. The lowest BCUT2D eigenvalue weighted by atomic mass is 10.2. The monoisotopic (exact) mass is 318 g/mol. The Kier molecular flexibility index (Phi) is 3.81. The number of benzene rings is 1. The second-order valence-electron chi connectivity index (χ2n) is 4.26. The van der Waals surface area contributed by atoms with Gasteiger partial charge in [0, 0.05) is 6.20 Å². The molecule has 2 heterocycles. The van der Waals surface area contributed by atoms with Gasteiger partial charge >= 0.3 is 0 Å². The molecule has 7 heteroatoms. The van der Waals surface area contributed by atoms with Crippen molar-refractivity contribution in [2.24, 2.45) is 0 Å². The minimum absolute atomic E-state index is 0.311. The summed E-state index contributed by atoms with van der Waals surface area (Å²) in [7, 11) is 0. The number of nitrogens with zero attached hydrogens (tertiary/aromatic N) is 2. The van der Waals surface area contributed by atoms with Crippen molar-refractivity contribution in [1.29, 1.82) is 0 Å². The first-order chi connectivity index (χ1) is 10.2. The van der Waals surface area contributed by atoms with E-state index in [1.54, 1.807) is 36.5 Å². The van der Waals surface area contributed by atoms with Crippen LogP contribution in [0.5, 0.6) is 0 Å². The molecule has 0 bridgehead atoms. The summed E-state index contributed by atoms with van der Waals surface area (Å²) in [5, 5.41) is 3.86. The van der Waals surface area contributed by atoms with Gasteiger partial charge in [0.2, 0.25) is 0 Å². The molecule has 3 aromatic rings. The zero-order chi connectivity index (χ0) is 14.8. The van der Waals surface area contributed by atoms with Crippen LogP contribution in [0.15, 0.2) is 41.7 Å². The summed E-state index contributed by atoms with van der Waals surface area (Å²) >= 11 is 7.68. The van der Waals surface area contributed by atoms with E-state index in [1.807, 2.05) is 6.26 Å². The molecule has 2 N–H and O–H groups in total. The Morgan fingerprint density at radius 3 is 2.95 bits per heavy atom. The number of nitrogens with one attached hydrogen (secondary N) is 2. The Bertz CT molecular complexity index is 803. The van der Waals surface area contributed by atoms with Gasteiger partial charge in [-0.2, -0.15) is 0 Å². The van der Waals surface area contributed by atoms with Crippen LogP contribution >= 0.6 is 23.4 Å². The number of amides is 1. The standard InChI is InChI=1S/C14H11ClN4OS/c1-21-14-17-10-6-8(9(15)7-11(10)18-14)13(20)19-12-4-2-3-5-16-12/h2-7H,1H3,(H,17,18)(H,16,19,20). The van der Waals surface area contributed by atoms with Crippen LogP contribution in [0.3, 0.4) is 0 Å². The topological polar surface area (TPSA) is 70.7 Å². The lowest BCUT2D eigenvalue weighted by molar-refractivity contribution is 0.102. The summed E-state index contributed by atoms with van der Waals surface area (Å²) in [4.78, 5) is 23.8. The predicted octanol–water partition coefficient (Wildman–Crippen LogP) is 3.59. The Morgan fingerprint density at radius 1 is 1.38 bits per heavy atom. The maximum atomic E-state index is 12.3. The third-order valence-electron chi connectivity index (χ3n) is 2.89. The lowest BCUT2D eigenvalue weighted by Crippen LogP contribution is -2.13. The molecule has 21 heavy (non-hydrogen) atoms. The maximum Gasteiger partial charge on any atom is 0.258 e. The van der Waals surface area contributed by atoms with Gasteiger partial charge in [-0.05, 0) is 30.5 Å². The molecule has 106 valence electrons. The summed E-state index contributed by atoms with van der Waals surface area (Å²) in [5.74, 6) is 0.166. The highest BCUT2D eigenvalue weighted by atomic mass is 35.5. The second kappa shape index (κ2) is 5.75. The number of aromatic nitrogens is 3. The second-order valence-corrected chi connectivity index (χ2v) is 5.47. The van der Waals surface area contributed by atoms with Crippen molar-refractivity contribution in [2.45, 2.75) is 5.16 Å². The molecule has 0 atom stereocenters. The van der Waals surface area contributed by atoms with E-state index in [-0.39, 0.29) is 5.91 Å². The van der Waals surface area contributed by atoms with E-state index in [2.05, 4.69) is 20.3 Å². The van der Waals surface area contributed by atoms with E-state index in [0.717, 1.165) is 10.7 Å². The molecule has 1 aromatic carbocycles. The van der Waals surface area contributed by atoms with Crippen molar-refractivity contribution in [3.05, 3.63) is 47.1 Å². The number of fused-ring (bicyclic) bond motifs is 1. The van der Waals surface area contributed by atoms with Crippen LogP contribution in [-0.2, 0) is 0 Å². The summed E-state index contributed by atoms with van der Waals surface area (Å²) in [6, 6.07) is 8.67. The van der Waals surface area contributed by atoms with E-state index in [1.165, 1.54) is 11.8 Å². The van der Waals surface area contributed by atoms with Gasteiger partial charge < -0.3 is 10.3 Å². The zero-order valence-corrected chi connectivity index (χ0v) is 12.6. The minimum Gasteiger partial charge on any atom is -0.333 e. The Labute approximate surface area is 130 Å². The van der Waals surface area contributed by atoms with E-state index >= 15 is 0 Å². The first-order valence-corrected chi connectivity index (χ1v) is 7.73. The highest BCUT2D eigenvalue weighted by Crippen LogP contribution is 2.25. The fourth-order valence-electron chi connectivity index (χ4n) is 1.90. The average Bonchev–Trinajstić information content (AvgIpc) is 2.89. The number of halogens is 1. The highest BCUT2D eigenvalue weighted by Gasteiger charge is 2.14. The Morgan fingerprint density at radius 2 is 2.24 bits per heavy atom. The number of aromatic amines is 1. The SMILES string of the molecule is CSc1nc2cc(C(=O)Nc3ccccn3)c(Cl)cc2[nH]1. The number of anilines is 1. The molecule has 0 fully saturated rings. The van der Waals surface area contributed by atoms with Gasteiger partial charge in [-0.15, -0.1) is 0 Å². The smallest absolute Gasteiger partial charge is 0.258 e. The number of rotatable bonds is 3. The van der Waals surface area contributed by atoms with E-state index in [4.69, 9.17) is 11.6 Å². The van der Waals surface area contributed by atoms with Crippen molar-refractivity contribution in [1.82, 2.24) is 15.0 Å². The van der Waals surface area contributed by atoms with Crippen LogP contribution < -0.4 is 5.32 Å². The third kappa shape index (κ3) is 2.86. The van der Waals surface area contributed by atoms with Gasteiger partial charge in [-0.3, -0.25) is 4.79 Å². The molecule has 2 aromatic heterocycles. The fourth-order valence-corrected chi connectivity index (χ4v) is 2.55. The van der Waals surface area contributed by atoms with E-state index < -0.39 is 0 Å². The summed E-state index contributed by atoms with van der Waals surface area (Å²) < 4.78 is 0. The number of imidazole rings is 1. The van der Waals surface area contributed by atoms with Crippen LogP contribution in [0.4, 0.5) is 5.82 Å². The number of hydrogen-bond donors (Lipinski definition) is 2. The van der Waals surface area contributed by atoms with Crippen molar-refractivity contribution in [3.8, 4) is 0 Å². The number of H-pyrrole nitrogens is 1. The van der Waals surface area contributed by atoms with Gasteiger partial charge in [0.05, 0.1) is 21.6 Å². The normalized spacial score (nSPS) is 10.8. The van der Waals surface area contributed by atoms with Gasteiger partial charge in [0.25, 0.3) is 5.91 Å². The van der Waals surface area contributed by atoms with Gasteiger partial charge in [-0.25, -0.2) is 9.97 Å². The summed E-state index contributed by atoms with van der Waals surface area (Å²) in [5.41, 5.74) is 1.88. The quantitative estimate of drug-likeness (QED) is 0.724. The number of thioether (sulfide) groups is 1. The van der Waals surface area contributed by atoms with Gasteiger partial charge in [0.1, 0.15) is 5.82 Å². The molecule has 0 unspecified atom stereocenters. The Balaban J connectivity index is 1.95. The molecule has 0 saturated heterocycles. The predicted molar refractivity (Wildman–Crippen MR) is 85.1 cm³/mol. The number of carbonyl (C=O) groups is 1. The van der Waals surface area contributed by atoms with Crippen LogP contribution in [0.2, 0.25) is 5.02 Å². The van der Waals surface area contributed by atoms with Crippen LogP contribution in [-0.4, -0.2) is 27.1 Å². The number of pyridine rings is 1. The molecule has 0 spiro atoms. The minimum atomic E-state index is -0.311. The Hall–Kier alpha value is -2.05. The van der Waals surface area contributed by atoms with Crippen LogP contribution in [0.1, 0.15) is 10.4 Å². The molecule has 0 aliphatic rings. The van der Waals surface area contributed by atoms with Crippen molar-refractivity contribution < 1.29 is 4.79 Å². The molecule has 3 rings (SSSR count). The fraction of sp³-hybridized carbons (Fsp3) is 0.0714. The molecule has 0 aliphatic carbocycles. The molecular weight excluding hydrogens is 308 g/mol. The highest BCUT2D eigenvalue weighted by molar-refractivity contribution is 7.98. The third-order valence-corrected chi connectivity index (χ3v) is 3.79. The van der Waals surface area contributed by atoms with Crippen molar-refractivity contribution in [3.63, 3.8) is 0 Å². The van der Waals surface area contributed by atoms with Crippen LogP contribution in [0, 0.1) is 0 Å². The molecular formula is C14H11ClN4OS. The van der Waals surface area contributed by atoms with E-state index in [9.17, 15) is 4.79 Å². The molecule has 1 amide bonds. The van der Waals surface area contributed by atoms with Gasteiger partial charge in [-0.1, -0.05) is 29.4 Å². The molecule has 0 saturated carbocycles. The average molecular weight is 319 g/mol. The van der Waals surface area contributed by atoms with Crippen molar-refractivity contribution in [2.75, 3.05) is 11.6 Å². The molecule has 0 radical (unpaired) electrons. The largest absolute Gasteiger partial charge is 0.333 e. The maximum absolute atomic E-state index is 12.3. The first kappa shape index (κ1) is 13.9. The number of hydrogen-bond acceptors (Lipinski definition) is 4. The van der Waals surface area contributed by atoms with Crippen LogP contribution in [0.25, 0.3) is 11.0 Å². The summed E-state index contributed by atoms with van der Waals surface area (Å²) in [6.45, 7) is 0. The van der Waals surface area contributed by atoms with Gasteiger partial charge in [0.15, 0.2) is 5.16 Å². The molecule has 0 aliphatic heterocycles. The van der Waals surface area contributed by atoms with Crippen molar-refractivity contribution >= 4 is 46.1 Å². The first-order valence-electron chi connectivity index (χ1n) is 6.13. The number of carbonyl (C=O) groups excluding carboxylic acids is 1. The molecule has 5 nitrogen and oxygen atoms in total. The van der Waals surface area contributed by atoms with E-state index in [0.29, 0.717) is 21.9 Å².